The highest BCUT2D eigenvalue weighted by Crippen LogP contribution is 2.37. The van der Waals surface area contributed by atoms with Crippen LogP contribution in [-0.2, 0) is 10.2 Å². The summed E-state index contributed by atoms with van der Waals surface area (Å²) >= 11 is 3.45. The van der Waals surface area contributed by atoms with Crippen LogP contribution in [0.3, 0.4) is 0 Å². The first-order chi connectivity index (χ1) is 7.67. The fourth-order valence-corrected chi connectivity index (χ4v) is 2.97. The second kappa shape index (κ2) is 4.55. The zero-order valence-corrected chi connectivity index (χ0v) is 10.5. The van der Waals surface area contributed by atoms with Crippen LogP contribution >= 0.6 is 15.9 Å². The van der Waals surface area contributed by atoms with Crippen molar-refractivity contribution in [3.63, 3.8) is 0 Å². The third-order valence-corrected chi connectivity index (χ3v) is 3.95. The van der Waals surface area contributed by atoms with E-state index in [0.717, 1.165) is 23.1 Å². The molecule has 16 heavy (non-hydrogen) atoms. The number of rotatable bonds is 2. The maximum atomic E-state index is 11.6. The van der Waals surface area contributed by atoms with Gasteiger partial charge in [-0.3, -0.25) is 4.79 Å². The lowest BCUT2D eigenvalue weighted by atomic mass is 9.73. The predicted octanol–water partition coefficient (Wildman–Crippen LogP) is 2.15. The number of carbonyl (C=O) groups is 1. The van der Waals surface area contributed by atoms with Crippen molar-refractivity contribution in [1.29, 1.82) is 0 Å². The van der Waals surface area contributed by atoms with Gasteiger partial charge in [-0.15, -0.1) is 0 Å². The van der Waals surface area contributed by atoms with Gasteiger partial charge in [-0.2, -0.15) is 0 Å². The summed E-state index contributed by atoms with van der Waals surface area (Å²) in [5, 5.41) is 12.7. The SMILES string of the molecule is O=C(O)C1(c2ccccc2Br)CCNCC1. The van der Waals surface area contributed by atoms with Gasteiger partial charge >= 0.3 is 5.97 Å². The fourth-order valence-electron chi connectivity index (χ4n) is 2.30. The van der Waals surface area contributed by atoms with Gasteiger partial charge in [0.1, 0.15) is 0 Å². The van der Waals surface area contributed by atoms with Gasteiger partial charge in [-0.05, 0) is 37.6 Å². The van der Waals surface area contributed by atoms with Crippen molar-refractivity contribution >= 4 is 21.9 Å². The molecule has 1 aliphatic rings. The molecule has 0 aromatic heterocycles. The van der Waals surface area contributed by atoms with Crippen molar-refractivity contribution in [1.82, 2.24) is 5.32 Å². The average Bonchev–Trinajstić information content (AvgIpc) is 2.30. The topological polar surface area (TPSA) is 49.3 Å². The lowest BCUT2D eigenvalue weighted by molar-refractivity contribution is -0.145. The van der Waals surface area contributed by atoms with Crippen LogP contribution in [0, 0.1) is 0 Å². The van der Waals surface area contributed by atoms with E-state index in [1.807, 2.05) is 24.3 Å². The van der Waals surface area contributed by atoms with Crippen LogP contribution in [0.15, 0.2) is 28.7 Å². The minimum atomic E-state index is -0.731. The van der Waals surface area contributed by atoms with E-state index in [1.54, 1.807) is 0 Å². The largest absolute Gasteiger partial charge is 0.481 e. The molecule has 86 valence electrons. The van der Waals surface area contributed by atoms with E-state index in [-0.39, 0.29) is 0 Å². The first-order valence-corrected chi connectivity index (χ1v) is 6.15. The van der Waals surface area contributed by atoms with Crippen LogP contribution in [0.5, 0.6) is 0 Å². The number of carboxylic acids is 1. The van der Waals surface area contributed by atoms with Crippen LogP contribution in [0.2, 0.25) is 0 Å². The molecule has 2 N–H and O–H groups in total. The number of halogens is 1. The number of piperidine rings is 1. The molecule has 1 fully saturated rings. The molecule has 0 atom stereocenters. The van der Waals surface area contributed by atoms with E-state index >= 15 is 0 Å². The molecule has 2 rings (SSSR count). The zero-order valence-electron chi connectivity index (χ0n) is 8.87. The standard InChI is InChI=1S/C12H14BrNO2/c13-10-4-2-1-3-9(10)12(11(15)16)5-7-14-8-6-12/h1-4,14H,5-8H2,(H,15,16). The predicted molar refractivity (Wildman–Crippen MR) is 65.6 cm³/mol. The summed E-state index contributed by atoms with van der Waals surface area (Å²) in [5.74, 6) is -0.721. The van der Waals surface area contributed by atoms with E-state index in [2.05, 4.69) is 21.2 Å². The van der Waals surface area contributed by atoms with Crippen LogP contribution in [-0.4, -0.2) is 24.2 Å². The monoisotopic (exact) mass is 283 g/mol. The molecule has 0 spiro atoms. The van der Waals surface area contributed by atoms with Gasteiger partial charge in [0.15, 0.2) is 0 Å². The molecule has 0 amide bonds. The highest BCUT2D eigenvalue weighted by Gasteiger charge is 2.42. The minimum Gasteiger partial charge on any atom is -0.481 e. The van der Waals surface area contributed by atoms with Crippen molar-refractivity contribution in [3.05, 3.63) is 34.3 Å². The molecular weight excluding hydrogens is 270 g/mol. The van der Waals surface area contributed by atoms with Crippen LogP contribution < -0.4 is 5.32 Å². The molecule has 1 heterocycles. The van der Waals surface area contributed by atoms with Gasteiger partial charge < -0.3 is 10.4 Å². The second-order valence-corrected chi connectivity index (χ2v) is 4.97. The number of benzene rings is 1. The molecule has 1 saturated heterocycles. The van der Waals surface area contributed by atoms with E-state index in [0.29, 0.717) is 12.8 Å². The van der Waals surface area contributed by atoms with Crippen LogP contribution in [0.1, 0.15) is 18.4 Å². The fraction of sp³-hybridized carbons (Fsp3) is 0.417. The summed E-state index contributed by atoms with van der Waals surface area (Å²) < 4.78 is 0.888. The highest BCUT2D eigenvalue weighted by atomic mass is 79.9. The molecule has 4 heteroatoms. The molecular formula is C12H14BrNO2. The summed E-state index contributed by atoms with van der Waals surface area (Å²) in [6, 6.07) is 7.61. The maximum Gasteiger partial charge on any atom is 0.314 e. The number of hydrogen-bond acceptors (Lipinski definition) is 2. The molecule has 0 saturated carbocycles. The first kappa shape index (κ1) is 11.6. The number of carboxylic acid groups (broad SMARTS) is 1. The summed E-state index contributed by atoms with van der Waals surface area (Å²) in [7, 11) is 0. The van der Waals surface area contributed by atoms with Crippen LogP contribution in [0.4, 0.5) is 0 Å². The van der Waals surface area contributed by atoms with E-state index in [9.17, 15) is 9.90 Å². The second-order valence-electron chi connectivity index (χ2n) is 4.12. The Bertz CT molecular complexity index is 400. The van der Waals surface area contributed by atoms with Crippen molar-refractivity contribution in [2.24, 2.45) is 0 Å². The third kappa shape index (κ3) is 1.87. The van der Waals surface area contributed by atoms with Crippen molar-refractivity contribution in [3.8, 4) is 0 Å². The van der Waals surface area contributed by atoms with Gasteiger partial charge in [0, 0.05) is 4.47 Å². The Morgan fingerprint density at radius 3 is 2.50 bits per heavy atom. The summed E-state index contributed by atoms with van der Waals surface area (Å²) in [4.78, 5) is 11.6. The highest BCUT2D eigenvalue weighted by molar-refractivity contribution is 9.10. The Morgan fingerprint density at radius 2 is 1.94 bits per heavy atom. The Hall–Kier alpha value is -0.870. The van der Waals surface area contributed by atoms with E-state index in [1.165, 1.54) is 0 Å². The molecule has 1 aliphatic heterocycles. The van der Waals surface area contributed by atoms with Gasteiger partial charge in [-0.25, -0.2) is 0 Å². The molecule has 3 nitrogen and oxygen atoms in total. The normalized spacial score (nSPS) is 19.3. The number of aliphatic carboxylic acids is 1. The summed E-state index contributed by atoms with van der Waals surface area (Å²) in [6.45, 7) is 1.52. The molecule has 0 unspecified atom stereocenters. The van der Waals surface area contributed by atoms with Crippen molar-refractivity contribution in [2.75, 3.05) is 13.1 Å². The number of nitrogens with one attached hydrogen (secondary N) is 1. The average molecular weight is 284 g/mol. The lowest BCUT2D eigenvalue weighted by Gasteiger charge is -2.34. The molecule has 0 bridgehead atoms. The lowest BCUT2D eigenvalue weighted by Crippen LogP contribution is -2.45. The van der Waals surface area contributed by atoms with Gasteiger partial charge in [0.05, 0.1) is 5.41 Å². The van der Waals surface area contributed by atoms with Crippen molar-refractivity contribution in [2.45, 2.75) is 18.3 Å². The van der Waals surface area contributed by atoms with Gasteiger partial charge in [0.25, 0.3) is 0 Å². The Morgan fingerprint density at radius 1 is 1.31 bits per heavy atom. The summed E-state index contributed by atoms with van der Waals surface area (Å²) in [6.07, 6.45) is 1.29. The smallest absolute Gasteiger partial charge is 0.314 e. The van der Waals surface area contributed by atoms with E-state index < -0.39 is 11.4 Å². The number of hydrogen-bond donors (Lipinski definition) is 2. The Labute approximate surface area is 103 Å². The molecule has 0 aliphatic carbocycles. The van der Waals surface area contributed by atoms with Crippen LogP contribution in [0.25, 0.3) is 0 Å². The molecule has 1 aromatic carbocycles. The van der Waals surface area contributed by atoms with Gasteiger partial charge in [0.2, 0.25) is 0 Å². The zero-order chi connectivity index (χ0) is 11.6. The Kier molecular flexibility index (Phi) is 3.30. The minimum absolute atomic E-state index is 0.644. The van der Waals surface area contributed by atoms with E-state index in [4.69, 9.17) is 0 Å². The molecule has 1 aromatic rings. The molecule has 0 radical (unpaired) electrons. The quantitative estimate of drug-likeness (QED) is 0.875. The maximum absolute atomic E-state index is 11.6. The van der Waals surface area contributed by atoms with Crippen molar-refractivity contribution < 1.29 is 9.90 Å². The third-order valence-electron chi connectivity index (χ3n) is 3.26. The first-order valence-electron chi connectivity index (χ1n) is 5.36. The Balaban J connectivity index is 2.47. The van der Waals surface area contributed by atoms with Gasteiger partial charge in [-0.1, -0.05) is 34.1 Å². The summed E-state index contributed by atoms with van der Waals surface area (Å²) in [5.41, 5.74) is 0.162.